The number of aromatic nitrogens is 1. The molecule has 0 bridgehead atoms. The van der Waals surface area contributed by atoms with Gasteiger partial charge >= 0.3 is 0 Å². The van der Waals surface area contributed by atoms with Crippen LogP contribution in [0.3, 0.4) is 0 Å². The number of hydrogen-bond acceptors (Lipinski definition) is 4. The summed E-state index contributed by atoms with van der Waals surface area (Å²) in [4.78, 5) is 16.4. The fourth-order valence-electron chi connectivity index (χ4n) is 2.27. The fourth-order valence-corrected chi connectivity index (χ4v) is 2.27. The van der Waals surface area contributed by atoms with Crippen molar-refractivity contribution in [1.29, 1.82) is 0 Å². The minimum Gasteiger partial charge on any atom is -0.457 e. The van der Waals surface area contributed by atoms with E-state index in [-0.39, 0.29) is 36.8 Å². The van der Waals surface area contributed by atoms with Crippen LogP contribution in [-0.2, 0) is 0 Å². The van der Waals surface area contributed by atoms with Crippen LogP contribution in [0.15, 0.2) is 48.7 Å². The topological polar surface area (TPSA) is 77.2 Å². The average molecular weight is 386 g/mol. The second-order valence-electron chi connectivity index (χ2n) is 5.83. The van der Waals surface area contributed by atoms with Gasteiger partial charge in [-0.15, -0.1) is 24.8 Å². The number of nitrogens with one attached hydrogen (secondary N) is 1. The molecule has 0 aliphatic heterocycles. The molecule has 0 spiro atoms. The average Bonchev–Trinajstić information content (AvgIpc) is 2.55. The molecule has 2 aromatic rings. The van der Waals surface area contributed by atoms with Crippen LogP contribution in [0.25, 0.3) is 0 Å². The van der Waals surface area contributed by atoms with Crippen LogP contribution < -0.4 is 15.8 Å². The lowest BCUT2D eigenvalue weighted by molar-refractivity contribution is 0.0928. The highest BCUT2D eigenvalue weighted by atomic mass is 35.5. The Hall–Kier alpha value is -1.82. The van der Waals surface area contributed by atoms with Gasteiger partial charge in [0.25, 0.3) is 5.91 Å². The van der Waals surface area contributed by atoms with Crippen LogP contribution in [0.2, 0.25) is 0 Å². The number of carbonyl (C=O) groups is 1. The number of nitrogens with zero attached hydrogens (tertiary/aromatic N) is 1. The summed E-state index contributed by atoms with van der Waals surface area (Å²) in [6, 6.07) is 12.7. The van der Waals surface area contributed by atoms with E-state index >= 15 is 0 Å². The number of rotatable bonds is 7. The van der Waals surface area contributed by atoms with E-state index in [9.17, 15) is 4.79 Å². The molecule has 1 amide bonds. The zero-order valence-electron chi connectivity index (χ0n) is 14.3. The van der Waals surface area contributed by atoms with Gasteiger partial charge in [0.2, 0.25) is 0 Å². The molecule has 5 nitrogen and oxygen atoms in total. The standard InChI is InChI=1S/C18H23N3O2.2ClH/c1-13(2)10-14(12-19)21-18(22)17-11-16(8-9-20-17)23-15-6-4-3-5-7-15;;/h3-9,11,13-14H,10,12,19H2,1-2H3,(H,21,22);2*1H. The predicted octanol–water partition coefficient (Wildman–Crippen LogP) is 3.82. The molecule has 1 atom stereocenters. The van der Waals surface area contributed by atoms with Crippen molar-refractivity contribution in [2.24, 2.45) is 11.7 Å². The van der Waals surface area contributed by atoms with E-state index in [2.05, 4.69) is 24.1 Å². The SMILES string of the molecule is CC(C)CC(CN)NC(=O)c1cc(Oc2ccccc2)ccn1.Cl.Cl. The number of ether oxygens (including phenoxy) is 1. The molecular weight excluding hydrogens is 361 g/mol. The smallest absolute Gasteiger partial charge is 0.270 e. The first-order valence-electron chi connectivity index (χ1n) is 7.78. The highest BCUT2D eigenvalue weighted by Gasteiger charge is 2.15. The third-order valence-corrected chi connectivity index (χ3v) is 3.32. The number of para-hydroxylation sites is 1. The molecule has 0 aliphatic rings. The summed E-state index contributed by atoms with van der Waals surface area (Å²) in [5.41, 5.74) is 6.04. The van der Waals surface area contributed by atoms with E-state index in [0.717, 1.165) is 6.42 Å². The number of carbonyl (C=O) groups excluding carboxylic acids is 1. The fraction of sp³-hybridized carbons (Fsp3) is 0.333. The lowest BCUT2D eigenvalue weighted by Crippen LogP contribution is -2.41. The zero-order valence-corrected chi connectivity index (χ0v) is 16.0. The minimum atomic E-state index is -0.236. The molecule has 3 N–H and O–H groups in total. The summed E-state index contributed by atoms with van der Waals surface area (Å²) in [5.74, 6) is 1.51. The Balaban J connectivity index is 0.00000288. The highest BCUT2D eigenvalue weighted by molar-refractivity contribution is 5.92. The highest BCUT2D eigenvalue weighted by Crippen LogP contribution is 2.20. The van der Waals surface area contributed by atoms with Gasteiger partial charge in [-0.25, -0.2) is 0 Å². The number of benzene rings is 1. The third-order valence-electron chi connectivity index (χ3n) is 3.32. The van der Waals surface area contributed by atoms with E-state index in [4.69, 9.17) is 10.5 Å². The van der Waals surface area contributed by atoms with Crippen LogP contribution in [0.4, 0.5) is 0 Å². The quantitative estimate of drug-likeness (QED) is 0.759. The first-order chi connectivity index (χ1) is 11.1. The second kappa shape index (κ2) is 11.7. The molecule has 1 unspecified atom stereocenters. The number of nitrogens with two attached hydrogens (primary N) is 1. The molecular formula is C18H25Cl2N3O2. The maximum atomic E-state index is 12.3. The van der Waals surface area contributed by atoms with Gasteiger partial charge in [0.05, 0.1) is 0 Å². The summed E-state index contributed by atoms with van der Waals surface area (Å²) >= 11 is 0. The molecule has 2 rings (SSSR count). The molecule has 1 aromatic carbocycles. The first kappa shape index (κ1) is 23.2. The predicted molar refractivity (Wildman–Crippen MR) is 105 cm³/mol. The third kappa shape index (κ3) is 7.73. The summed E-state index contributed by atoms with van der Waals surface area (Å²) in [6.45, 7) is 4.60. The summed E-state index contributed by atoms with van der Waals surface area (Å²) in [7, 11) is 0. The number of amides is 1. The van der Waals surface area contributed by atoms with Gasteiger partial charge in [-0.3, -0.25) is 9.78 Å². The van der Waals surface area contributed by atoms with Crippen molar-refractivity contribution >= 4 is 30.7 Å². The van der Waals surface area contributed by atoms with E-state index in [1.54, 1.807) is 18.3 Å². The molecule has 0 fully saturated rings. The Morgan fingerprint density at radius 2 is 1.84 bits per heavy atom. The van der Waals surface area contributed by atoms with Gasteiger partial charge in [-0.2, -0.15) is 0 Å². The Morgan fingerprint density at radius 1 is 1.16 bits per heavy atom. The zero-order chi connectivity index (χ0) is 16.7. The monoisotopic (exact) mass is 385 g/mol. The Morgan fingerprint density at radius 3 is 2.44 bits per heavy atom. The van der Waals surface area contributed by atoms with Crippen molar-refractivity contribution in [3.8, 4) is 11.5 Å². The van der Waals surface area contributed by atoms with Crippen LogP contribution >= 0.6 is 24.8 Å². The second-order valence-corrected chi connectivity index (χ2v) is 5.83. The number of pyridine rings is 1. The summed E-state index contributed by atoms with van der Waals surface area (Å²) in [5, 5.41) is 2.92. The lowest BCUT2D eigenvalue weighted by Gasteiger charge is -2.18. The van der Waals surface area contributed by atoms with Gasteiger partial charge in [0.15, 0.2) is 0 Å². The Bertz CT molecular complexity index is 639. The lowest BCUT2D eigenvalue weighted by atomic mass is 10.0. The van der Waals surface area contributed by atoms with Crippen molar-refractivity contribution in [2.75, 3.05) is 6.54 Å². The van der Waals surface area contributed by atoms with Crippen LogP contribution in [0, 0.1) is 5.92 Å². The van der Waals surface area contributed by atoms with E-state index in [0.29, 0.717) is 29.7 Å². The van der Waals surface area contributed by atoms with Crippen molar-refractivity contribution in [3.63, 3.8) is 0 Å². The molecule has 7 heteroatoms. The van der Waals surface area contributed by atoms with E-state index < -0.39 is 0 Å². The molecule has 25 heavy (non-hydrogen) atoms. The largest absolute Gasteiger partial charge is 0.457 e. The van der Waals surface area contributed by atoms with Crippen LogP contribution in [0.5, 0.6) is 11.5 Å². The maximum Gasteiger partial charge on any atom is 0.270 e. The van der Waals surface area contributed by atoms with E-state index in [1.807, 2.05) is 30.3 Å². The number of halogens is 2. The van der Waals surface area contributed by atoms with Gasteiger partial charge < -0.3 is 15.8 Å². The van der Waals surface area contributed by atoms with Crippen molar-refractivity contribution in [3.05, 3.63) is 54.4 Å². The van der Waals surface area contributed by atoms with Crippen molar-refractivity contribution in [1.82, 2.24) is 10.3 Å². The minimum absolute atomic E-state index is 0. The Kier molecular flexibility index (Phi) is 10.8. The van der Waals surface area contributed by atoms with Gasteiger partial charge in [-0.1, -0.05) is 32.0 Å². The van der Waals surface area contributed by atoms with Crippen LogP contribution in [-0.4, -0.2) is 23.5 Å². The molecule has 1 heterocycles. The van der Waals surface area contributed by atoms with E-state index in [1.165, 1.54) is 0 Å². The molecule has 138 valence electrons. The summed E-state index contributed by atoms with van der Waals surface area (Å²) < 4.78 is 5.72. The maximum absolute atomic E-state index is 12.3. The van der Waals surface area contributed by atoms with Gasteiger partial charge in [-0.05, 0) is 30.5 Å². The normalized spacial score (nSPS) is 11.0. The van der Waals surface area contributed by atoms with Crippen molar-refractivity contribution < 1.29 is 9.53 Å². The molecule has 0 saturated carbocycles. The summed E-state index contributed by atoms with van der Waals surface area (Å²) in [6.07, 6.45) is 2.40. The van der Waals surface area contributed by atoms with Gasteiger partial charge in [0.1, 0.15) is 17.2 Å². The Labute approximate surface area is 161 Å². The number of hydrogen-bond donors (Lipinski definition) is 2. The molecule has 1 aromatic heterocycles. The first-order valence-corrected chi connectivity index (χ1v) is 7.78. The molecule has 0 aliphatic carbocycles. The van der Waals surface area contributed by atoms with Gasteiger partial charge in [0, 0.05) is 24.8 Å². The molecule has 0 radical (unpaired) electrons. The molecule has 0 saturated heterocycles. The van der Waals surface area contributed by atoms with Crippen LogP contribution in [0.1, 0.15) is 30.8 Å². The van der Waals surface area contributed by atoms with Crippen molar-refractivity contribution in [2.45, 2.75) is 26.3 Å².